The highest BCUT2D eigenvalue weighted by atomic mass is 16.6. The number of allylic oxidation sites excluding steroid dienone is 2. The van der Waals surface area contributed by atoms with E-state index in [-0.39, 0.29) is 6.42 Å². The molecule has 1 rings (SSSR count). The lowest BCUT2D eigenvalue weighted by molar-refractivity contribution is -0.164. The Hall–Kier alpha value is -2.10. The lowest BCUT2D eigenvalue weighted by atomic mass is 10.1. The van der Waals surface area contributed by atoms with Crippen LogP contribution in [0.2, 0.25) is 0 Å². The van der Waals surface area contributed by atoms with E-state index in [1.165, 1.54) is 51.4 Å². The predicted molar refractivity (Wildman–Crippen MR) is 122 cm³/mol. The normalized spacial score (nSPS) is 12.2. The van der Waals surface area contributed by atoms with Crippen LogP contribution >= 0.6 is 0 Å². The number of carboxylic acids is 1. The van der Waals surface area contributed by atoms with E-state index in [1.54, 1.807) is 30.3 Å². The molecule has 0 aliphatic rings. The summed E-state index contributed by atoms with van der Waals surface area (Å²) >= 11 is 0. The van der Waals surface area contributed by atoms with Crippen molar-refractivity contribution in [1.29, 1.82) is 0 Å². The monoisotopic (exact) mass is 416 g/mol. The van der Waals surface area contributed by atoms with Crippen molar-refractivity contribution in [3.8, 4) is 0 Å². The Labute approximate surface area is 182 Å². The number of hydrogen-bond acceptors (Lipinski definition) is 3. The summed E-state index contributed by atoms with van der Waals surface area (Å²) < 4.78 is 5.17. The fraction of sp³-hybridized carbons (Fsp3) is 0.615. The molecule has 4 nitrogen and oxygen atoms in total. The first-order valence-corrected chi connectivity index (χ1v) is 11.8. The molecule has 0 saturated carbocycles. The number of rotatable bonds is 18. The molecule has 1 unspecified atom stereocenters. The van der Waals surface area contributed by atoms with Crippen molar-refractivity contribution in [2.45, 2.75) is 103 Å². The SMILES string of the molecule is CCCCCCCC/C=C\CCCCCCCC(=O)OC(C(=O)O)c1ccccc1. The highest BCUT2D eigenvalue weighted by Gasteiger charge is 2.23. The summed E-state index contributed by atoms with van der Waals surface area (Å²) in [5, 5.41) is 9.30. The second-order valence-electron chi connectivity index (χ2n) is 7.95. The number of aliphatic carboxylic acids is 1. The van der Waals surface area contributed by atoms with Crippen molar-refractivity contribution in [1.82, 2.24) is 0 Å². The Bertz CT molecular complexity index is 594. The van der Waals surface area contributed by atoms with E-state index in [0.29, 0.717) is 5.56 Å². The summed E-state index contributed by atoms with van der Waals surface area (Å²) in [5.74, 6) is -1.58. The highest BCUT2D eigenvalue weighted by Crippen LogP contribution is 2.19. The van der Waals surface area contributed by atoms with Crippen LogP contribution in [0.4, 0.5) is 0 Å². The highest BCUT2D eigenvalue weighted by molar-refractivity contribution is 5.79. The molecule has 0 aliphatic heterocycles. The molecular formula is C26H40O4. The Morgan fingerprint density at radius 1 is 0.833 bits per heavy atom. The van der Waals surface area contributed by atoms with Gasteiger partial charge in [-0.1, -0.05) is 101 Å². The average molecular weight is 417 g/mol. The molecule has 0 aliphatic carbocycles. The quantitative estimate of drug-likeness (QED) is 0.154. The van der Waals surface area contributed by atoms with E-state index in [4.69, 9.17) is 4.74 Å². The maximum absolute atomic E-state index is 12.0. The van der Waals surface area contributed by atoms with Gasteiger partial charge in [0, 0.05) is 12.0 Å². The number of esters is 1. The fourth-order valence-corrected chi connectivity index (χ4v) is 3.42. The van der Waals surface area contributed by atoms with Crippen LogP contribution in [-0.4, -0.2) is 17.0 Å². The summed E-state index contributed by atoms with van der Waals surface area (Å²) in [4.78, 5) is 23.3. The van der Waals surface area contributed by atoms with Gasteiger partial charge >= 0.3 is 11.9 Å². The molecule has 0 bridgehead atoms. The van der Waals surface area contributed by atoms with Crippen LogP contribution in [0.5, 0.6) is 0 Å². The van der Waals surface area contributed by atoms with Crippen molar-refractivity contribution >= 4 is 11.9 Å². The summed E-state index contributed by atoms with van der Waals surface area (Å²) in [5.41, 5.74) is 0.489. The molecule has 168 valence electrons. The lowest BCUT2D eigenvalue weighted by Crippen LogP contribution is -2.19. The molecule has 0 aromatic heterocycles. The molecule has 0 saturated heterocycles. The maximum Gasteiger partial charge on any atom is 0.349 e. The summed E-state index contributed by atoms with van der Waals surface area (Å²) in [6.45, 7) is 2.25. The maximum atomic E-state index is 12.0. The molecule has 0 heterocycles. The second-order valence-corrected chi connectivity index (χ2v) is 7.95. The van der Waals surface area contributed by atoms with Gasteiger partial charge in [0.15, 0.2) is 0 Å². The summed E-state index contributed by atoms with van der Waals surface area (Å²) in [7, 11) is 0. The van der Waals surface area contributed by atoms with Crippen molar-refractivity contribution in [2.75, 3.05) is 0 Å². The van der Waals surface area contributed by atoms with Crippen LogP contribution in [0.25, 0.3) is 0 Å². The predicted octanol–water partition coefficient (Wildman–Crippen LogP) is 7.39. The third-order valence-corrected chi connectivity index (χ3v) is 5.22. The van der Waals surface area contributed by atoms with Crippen LogP contribution in [0.1, 0.15) is 108 Å². The smallest absolute Gasteiger partial charge is 0.349 e. The molecule has 0 spiro atoms. The minimum Gasteiger partial charge on any atom is -0.478 e. The van der Waals surface area contributed by atoms with Gasteiger partial charge in [0.2, 0.25) is 6.10 Å². The average Bonchev–Trinajstić information content (AvgIpc) is 2.75. The summed E-state index contributed by atoms with van der Waals surface area (Å²) in [6.07, 6.45) is 19.3. The first kappa shape index (κ1) is 25.9. The van der Waals surface area contributed by atoms with Gasteiger partial charge in [0.05, 0.1) is 0 Å². The first-order chi connectivity index (χ1) is 14.6. The number of ether oxygens (including phenoxy) is 1. The van der Waals surface area contributed by atoms with Gasteiger partial charge in [0.1, 0.15) is 0 Å². The number of benzene rings is 1. The van der Waals surface area contributed by atoms with Crippen LogP contribution in [0, 0.1) is 0 Å². The molecule has 0 fully saturated rings. The van der Waals surface area contributed by atoms with E-state index < -0.39 is 18.0 Å². The Morgan fingerprint density at radius 2 is 1.37 bits per heavy atom. The zero-order valence-corrected chi connectivity index (χ0v) is 18.7. The van der Waals surface area contributed by atoms with Crippen molar-refractivity contribution in [3.05, 3.63) is 48.0 Å². The topological polar surface area (TPSA) is 63.6 Å². The van der Waals surface area contributed by atoms with Crippen molar-refractivity contribution < 1.29 is 19.4 Å². The zero-order chi connectivity index (χ0) is 21.9. The van der Waals surface area contributed by atoms with Crippen LogP contribution < -0.4 is 0 Å². The van der Waals surface area contributed by atoms with Crippen molar-refractivity contribution in [3.63, 3.8) is 0 Å². The molecule has 1 aromatic carbocycles. The van der Waals surface area contributed by atoms with Gasteiger partial charge in [0.25, 0.3) is 0 Å². The van der Waals surface area contributed by atoms with E-state index >= 15 is 0 Å². The third-order valence-electron chi connectivity index (χ3n) is 5.22. The summed E-state index contributed by atoms with van der Waals surface area (Å²) in [6, 6.07) is 8.60. The minimum absolute atomic E-state index is 0.273. The van der Waals surface area contributed by atoms with Crippen LogP contribution in [-0.2, 0) is 14.3 Å². The molecule has 0 amide bonds. The standard InChI is InChI=1S/C26H40O4/c1-2-3-4-5-6-7-8-9-10-11-12-13-14-15-19-22-24(27)30-25(26(28)29)23-20-17-16-18-21-23/h9-10,16-18,20-21,25H,2-8,11-15,19,22H2,1H3,(H,28,29)/b10-9-. The van der Waals surface area contributed by atoms with Gasteiger partial charge in [-0.3, -0.25) is 4.79 Å². The van der Waals surface area contributed by atoms with Gasteiger partial charge in [-0.2, -0.15) is 0 Å². The molecule has 1 aromatic rings. The first-order valence-electron chi connectivity index (χ1n) is 11.8. The number of carboxylic acid groups (broad SMARTS) is 1. The van der Waals surface area contributed by atoms with E-state index in [2.05, 4.69) is 19.1 Å². The van der Waals surface area contributed by atoms with E-state index in [9.17, 15) is 14.7 Å². The number of carbonyl (C=O) groups is 2. The number of hydrogen-bond donors (Lipinski definition) is 1. The Kier molecular flexibility index (Phi) is 15.3. The van der Waals surface area contributed by atoms with Gasteiger partial charge in [-0.05, 0) is 32.1 Å². The lowest BCUT2D eigenvalue weighted by Gasteiger charge is -2.14. The Balaban J connectivity index is 2.00. The minimum atomic E-state index is -1.22. The fourth-order valence-electron chi connectivity index (χ4n) is 3.42. The van der Waals surface area contributed by atoms with Crippen LogP contribution in [0.3, 0.4) is 0 Å². The zero-order valence-electron chi connectivity index (χ0n) is 18.7. The van der Waals surface area contributed by atoms with E-state index in [0.717, 1.165) is 32.1 Å². The van der Waals surface area contributed by atoms with Gasteiger partial charge in [-0.15, -0.1) is 0 Å². The molecule has 30 heavy (non-hydrogen) atoms. The molecule has 0 radical (unpaired) electrons. The number of unbranched alkanes of at least 4 members (excludes halogenated alkanes) is 11. The molecule has 1 atom stereocenters. The molecule has 4 heteroatoms. The largest absolute Gasteiger partial charge is 0.478 e. The molecule has 1 N–H and O–H groups in total. The van der Waals surface area contributed by atoms with Gasteiger partial charge in [-0.25, -0.2) is 4.79 Å². The Morgan fingerprint density at radius 3 is 1.93 bits per heavy atom. The second kappa shape index (κ2) is 17.7. The molecular weight excluding hydrogens is 376 g/mol. The van der Waals surface area contributed by atoms with Crippen LogP contribution in [0.15, 0.2) is 42.5 Å². The third kappa shape index (κ3) is 13.2. The van der Waals surface area contributed by atoms with Gasteiger partial charge < -0.3 is 9.84 Å². The van der Waals surface area contributed by atoms with Crippen molar-refractivity contribution in [2.24, 2.45) is 0 Å². The van der Waals surface area contributed by atoms with E-state index in [1.807, 2.05) is 0 Å². The number of carbonyl (C=O) groups excluding carboxylic acids is 1.